The van der Waals surface area contributed by atoms with Gasteiger partial charge in [0.05, 0.1) is 22.7 Å². The lowest BCUT2D eigenvalue weighted by Gasteiger charge is -2.20. The van der Waals surface area contributed by atoms with Gasteiger partial charge in [0, 0.05) is 21.8 Å². The van der Waals surface area contributed by atoms with E-state index in [0.29, 0.717) is 5.56 Å². The van der Waals surface area contributed by atoms with E-state index in [1.807, 2.05) is 6.07 Å². The van der Waals surface area contributed by atoms with Crippen molar-refractivity contribution in [2.75, 3.05) is 0 Å². The Morgan fingerprint density at radius 1 is 0.317 bits per heavy atom. The lowest BCUT2D eigenvalue weighted by atomic mass is 9.83. The second-order valence-corrected chi connectivity index (χ2v) is 16.6. The van der Waals surface area contributed by atoms with Crippen molar-refractivity contribution in [3.05, 3.63) is 224 Å². The van der Waals surface area contributed by atoms with Crippen molar-refractivity contribution in [1.82, 2.24) is 4.57 Å². The normalized spacial score (nSPS) is 11.8. The number of nitriles is 1. The van der Waals surface area contributed by atoms with E-state index in [-0.39, 0.29) is 0 Å². The summed E-state index contributed by atoms with van der Waals surface area (Å²) >= 11 is 0. The van der Waals surface area contributed by atoms with E-state index in [0.717, 1.165) is 38.6 Å². The molecule has 0 aliphatic heterocycles. The van der Waals surface area contributed by atoms with Crippen LogP contribution in [0.5, 0.6) is 0 Å². The molecule has 0 aliphatic rings. The Labute approximate surface area is 364 Å². The summed E-state index contributed by atoms with van der Waals surface area (Å²) in [7, 11) is 0. The summed E-state index contributed by atoms with van der Waals surface area (Å²) in [6.45, 7) is 0. The molecule has 0 saturated heterocycles. The van der Waals surface area contributed by atoms with Crippen LogP contribution in [0.2, 0.25) is 0 Å². The number of hydrogen-bond donors (Lipinski definition) is 0. The highest BCUT2D eigenvalue weighted by Crippen LogP contribution is 2.48. The molecule has 0 fully saturated rings. The first kappa shape index (κ1) is 35.3. The van der Waals surface area contributed by atoms with E-state index < -0.39 is 0 Å². The van der Waals surface area contributed by atoms with Crippen LogP contribution >= 0.6 is 0 Å². The number of nitrogens with zero attached hydrogens (tertiary/aromatic N) is 2. The van der Waals surface area contributed by atoms with Gasteiger partial charge in [0.2, 0.25) is 0 Å². The summed E-state index contributed by atoms with van der Waals surface area (Å²) in [6.07, 6.45) is 0. The molecule has 290 valence electrons. The zero-order valence-corrected chi connectivity index (χ0v) is 34.2. The molecule has 0 bridgehead atoms. The molecule has 0 N–H and O–H groups in total. The highest BCUT2D eigenvalue weighted by Gasteiger charge is 2.22. The van der Waals surface area contributed by atoms with Gasteiger partial charge in [-0.2, -0.15) is 5.26 Å². The van der Waals surface area contributed by atoms with Gasteiger partial charge in [-0.05, 0) is 129 Å². The molecule has 0 spiro atoms. The van der Waals surface area contributed by atoms with Crippen molar-refractivity contribution in [2.45, 2.75) is 0 Å². The maximum Gasteiger partial charge on any atom is 0.0998 e. The van der Waals surface area contributed by atoms with Gasteiger partial charge in [0.1, 0.15) is 0 Å². The zero-order chi connectivity index (χ0) is 41.6. The molecular weight excluding hydrogens is 761 g/mol. The smallest absolute Gasteiger partial charge is 0.0998 e. The molecule has 12 aromatic carbocycles. The summed E-state index contributed by atoms with van der Waals surface area (Å²) in [5.74, 6) is 0. The molecular formula is C61H36N2. The molecule has 0 aliphatic carbocycles. The number of benzene rings is 12. The Balaban J connectivity index is 1.02. The molecule has 0 atom stereocenters. The molecule has 0 saturated carbocycles. The third-order valence-corrected chi connectivity index (χ3v) is 13.4. The molecule has 1 heterocycles. The zero-order valence-electron chi connectivity index (χ0n) is 34.2. The molecule has 0 amide bonds. The van der Waals surface area contributed by atoms with Crippen molar-refractivity contribution in [2.24, 2.45) is 0 Å². The molecule has 13 rings (SSSR count). The summed E-state index contributed by atoms with van der Waals surface area (Å²) in [5, 5.41) is 24.5. The Bertz CT molecular complexity index is 4010. The summed E-state index contributed by atoms with van der Waals surface area (Å²) in [4.78, 5) is 0. The predicted octanol–water partition coefficient (Wildman–Crippen LogP) is 16.5. The Kier molecular flexibility index (Phi) is 7.70. The van der Waals surface area contributed by atoms with Gasteiger partial charge in [0.15, 0.2) is 0 Å². The minimum atomic E-state index is 0.697. The van der Waals surface area contributed by atoms with E-state index in [2.05, 4.69) is 223 Å². The monoisotopic (exact) mass is 796 g/mol. The summed E-state index contributed by atoms with van der Waals surface area (Å²) < 4.78 is 2.33. The fourth-order valence-electron chi connectivity index (χ4n) is 10.6. The number of hydrogen-bond acceptors (Lipinski definition) is 1. The number of rotatable bonds is 5. The van der Waals surface area contributed by atoms with Gasteiger partial charge in [-0.25, -0.2) is 0 Å². The van der Waals surface area contributed by atoms with Gasteiger partial charge in [-0.1, -0.05) is 182 Å². The van der Waals surface area contributed by atoms with E-state index >= 15 is 0 Å². The molecule has 0 unspecified atom stereocenters. The average molecular weight is 797 g/mol. The first-order valence-electron chi connectivity index (χ1n) is 21.6. The van der Waals surface area contributed by atoms with Crippen LogP contribution in [0, 0.1) is 11.3 Å². The lowest BCUT2D eigenvalue weighted by molar-refractivity contribution is 1.18. The third-order valence-electron chi connectivity index (χ3n) is 13.4. The van der Waals surface area contributed by atoms with Crippen molar-refractivity contribution in [3.8, 4) is 56.3 Å². The highest BCUT2D eigenvalue weighted by molar-refractivity contribution is 6.28. The fourth-order valence-corrected chi connectivity index (χ4v) is 10.6. The molecule has 1 aromatic heterocycles. The number of para-hydroxylation sites is 1. The maximum atomic E-state index is 10.1. The van der Waals surface area contributed by atoms with E-state index in [4.69, 9.17) is 0 Å². The molecule has 0 radical (unpaired) electrons. The number of aromatic nitrogens is 1. The topological polar surface area (TPSA) is 28.7 Å². The SMILES string of the molecule is N#Cc1ccc2c3c1ccc1c(-c4ccc(-c5ccc6c(-c7cccc8ccccc78)c7ccccc7c(-c7cccc8ccccc78)c6c5)cc4)ccc(c13)n2-c1ccccc1. The van der Waals surface area contributed by atoms with Crippen LogP contribution in [0.4, 0.5) is 0 Å². The third kappa shape index (κ3) is 5.24. The van der Waals surface area contributed by atoms with Gasteiger partial charge in [-0.3, -0.25) is 0 Å². The van der Waals surface area contributed by atoms with Crippen LogP contribution in [0.1, 0.15) is 5.56 Å². The van der Waals surface area contributed by atoms with Crippen LogP contribution in [0.3, 0.4) is 0 Å². The Morgan fingerprint density at radius 2 is 0.810 bits per heavy atom. The van der Waals surface area contributed by atoms with Gasteiger partial charge in [0.25, 0.3) is 0 Å². The standard InChI is InChI=1S/C61H36N2/c62-37-43-29-34-56-60-48(43)31-32-53-47(33-35-57(61(53)60)63(56)44-16-2-1-3-17-44)41-26-24-38(25-27-41)42-28-30-54-55(36-42)59(50-23-11-15-40-13-5-7-19-46(40)50)52-21-9-8-20-51(52)58(54)49-22-10-14-39-12-4-6-18-45(39)49/h1-36H. The second kappa shape index (κ2) is 13.8. The Hall–Kier alpha value is -8.51. The van der Waals surface area contributed by atoms with E-state index in [9.17, 15) is 5.26 Å². The highest BCUT2D eigenvalue weighted by atomic mass is 15.0. The van der Waals surface area contributed by atoms with Crippen molar-refractivity contribution >= 4 is 75.7 Å². The predicted molar refractivity (Wildman–Crippen MR) is 266 cm³/mol. The van der Waals surface area contributed by atoms with Gasteiger partial charge in [-0.15, -0.1) is 0 Å². The lowest BCUT2D eigenvalue weighted by Crippen LogP contribution is -1.93. The first-order chi connectivity index (χ1) is 31.2. The van der Waals surface area contributed by atoms with Crippen LogP contribution in [0.25, 0.3) is 126 Å². The second-order valence-electron chi connectivity index (χ2n) is 16.6. The number of fused-ring (bicyclic) bond motifs is 4. The quantitative estimate of drug-likeness (QED) is 0.126. The van der Waals surface area contributed by atoms with Crippen molar-refractivity contribution < 1.29 is 0 Å². The van der Waals surface area contributed by atoms with Crippen molar-refractivity contribution in [3.63, 3.8) is 0 Å². The van der Waals surface area contributed by atoms with Crippen LogP contribution in [-0.2, 0) is 0 Å². The van der Waals surface area contributed by atoms with Crippen LogP contribution < -0.4 is 0 Å². The van der Waals surface area contributed by atoms with Gasteiger partial charge >= 0.3 is 0 Å². The maximum absolute atomic E-state index is 10.1. The summed E-state index contributed by atoms with van der Waals surface area (Å²) in [6, 6.07) is 81.9. The van der Waals surface area contributed by atoms with Crippen LogP contribution in [-0.4, -0.2) is 4.57 Å². The first-order valence-corrected chi connectivity index (χ1v) is 21.6. The molecule has 13 aromatic rings. The van der Waals surface area contributed by atoms with Crippen molar-refractivity contribution in [1.29, 1.82) is 5.26 Å². The minimum Gasteiger partial charge on any atom is -0.309 e. The fraction of sp³-hybridized carbons (Fsp3) is 0. The summed E-state index contributed by atoms with van der Waals surface area (Å²) in [5.41, 5.74) is 13.7. The molecule has 2 heteroatoms. The van der Waals surface area contributed by atoms with Gasteiger partial charge < -0.3 is 4.57 Å². The Morgan fingerprint density at radius 3 is 1.48 bits per heavy atom. The van der Waals surface area contributed by atoms with E-state index in [1.54, 1.807) is 0 Å². The minimum absolute atomic E-state index is 0.697. The molecule has 63 heavy (non-hydrogen) atoms. The largest absolute Gasteiger partial charge is 0.309 e. The molecule has 2 nitrogen and oxygen atoms in total. The average Bonchev–Trinajstić information content (AvgIpc) is 3.70. The van der Waals surface area contributed by atoms with Crippen LogP contribution in [0.15, 0.2) is 218 Å². The van der Waals surface area contributed by atoms with E-state index in [1.165, 1.54) is 87.2 Å².